The van der Waals surface area contributed by atoms with Crippen molar-refractivity contribution in [1.82, 2.24) is 5.32 Å². The monoisotopic (exact) mass is 287 g/mol. The van der Waals surface area contributed by atoms with E-state index in [0.29, 0.717) is 17.0 Å². The lowest BCUT2D eigenvalue weighted by atomic mass is 10.0. The van der Waals surface area contributed by atoms with Gasteiger partial charge in [-0.25, -0.2) is 0 Å². The van der Waals surface area contributed by atoms with E-state index in [1.54, 1.807) is 12.1 Å². The molecule has 0 aliphatic carbocycles. The van der Waals surface area contributed by atoms with Crippen molar-refractivity contribution in [2.75, 3.05) is 13.2 Å². The first-order valence-electron chi connectivity index (χ1n) is 5.27. The fraction of sp³-hybridized carbons (Fsp3) is 0.545. The highest BCUT2D eigenvalue weighted by atomic mass is 79.9. The molecule has 1 unspecified atom stereocenters. The third kappa shape index (κ3) is 2.65. The summed E-state index contributed by atoms with van der Waals surface area (Å²) in [7, 11) is 0. The number of nitrogens with one attached hydrogen (secondary N) is 1. The van der Waals surface area contributed by atoms with Gasteiger partial charge in [0, 0.05) is 13.2 Å². The van der Waals surface area contributed by atoms with E-state index in [9.17, 15) is 4.79 Å². The number of carbonyl (C=O) groups excluding carboxylic acids is 1. The topological polar surface area (TPSA) is 51.5 Å². The van der Waals surface area contributed by atoms with Gasteiger partial charge >= 0.3 is 0 Å². The quantitative estimate of drug-likeness (QED) is 0.928. The highest BCUT2D eigenvalue weighted by molar-refractivity contribution is 9.10. The Bertz CT molecular complexity index is 382. The van der Waals surface area contributed by atoms with Crippen molar-refractivity contribution in [1.29, 1.82) is 0 Å². The van der Waals surface area contributed by atoms with E-state index in [-0.39, 0.29) is 11.5 Å². The van der Waals surface area contributed by atoms with Gasteiger partial charge in [-0.05, 0) is 47.8 Å². The van der Waals surface area contributed by atoms with Crippen LogP contribution in [0.3, 0.4) is 0 Å². The number of hydrogen-bond donors (Lipinski definition) is 1. The minimum absolute atomic E-state index is 0.206. The van der Waals surface area contributed by atoms with Gasteiger partial charge in [-0.15, -0.1) is 0 Å². The summed E-state index contributed by atoms with van der Waals surface area (Å²) in [6.45, 7) is 3.31. The third-order valence-electron chi connectivity index (χ3n) is 2.72. The molecule has 1 amide bonds. The predicted molar refractivity (Wildman–Crippen MR) is 62.3 cm³/mol. The van der Waals surface area contributed by atoms with Crippen molar-refractivity contribution in [3.8, 4) is 0 Å². The van der Waals surface area contributed by atoms with Gasteiger partial charge in [0.1, 0.15) is 0 Å². The van der Waals surface area contributed by atoms with E-state index >= 15 is 0 Å². The fourth-order valence-corrected chi connectivity index (χ4v) is 2.07. The summed E-state index contributed by atoms with van der Waals surface area (Å²) in [5, 5.41) is 2.82. The molecule has 1 saturated heterocycles. The number of ether oxygens (including phenoxy) is 1. The van der Waals surface area contributed by atoms with Gasteiger partial charge < -0.3 is 14.5 Å². The minimum Gasteiger partial charge on any atom is -0.444 e. The number of furan rings is 1. The molecule has 5 heteroatoms. The highest BCUT2D eigenvalue weighted by Crippen LogP contribution is 2.24. The molecule has 0 spiro atoms. The standard InChI is InChI=1S/C11H14BrNO3/c1-11(5-2-6-15-11)7-13-10(14)8-3-4-9(12)16-8/h3-4H,2,5-7H2,1H3,(H,13,14). The first-order chi connectivity index (χ1) is 7.59. The van der Waals surface area contributed by atoms with Gasteiger partial charge in [0.2, 0.25) is 0 Å². The molecule has 1 aromatic rings. The van der Waals surface area contributed by atoms with Crippen molar-refractivity contribution in [2.24, 2.45) is 0 Å². The van der Waals surface area contributed by atoms with Crippen LogP contribution in [0.1, 0.15) is 30.3 Å². The predicted octanol–water partition coefficient (Wildman–Crippen LogP) is 2.34. The third-order valence-corrected chi connectivity index (χ3v) is 3.15. The van der Waals surface area contributed by atoms with Crippen LogP contribution >= 0.6 is 15.9 Å². The van der Waals surface area contributed by atoms with Crippen LogP contribution in [-0.2, 0) is 4.74 Å². The molecule has 16 heavy (non-hydrogen) atoms. The molecular formula is C11H14BrNO3. The van der Waals surface area contributed by atoms with Gasteiger partial charge in [-0.2, -0.15) is 0 Å². The van der Waals surface area contributed by atoms with Crippen LogP contribution in [-0.4, -0.2) is 24.7 Å². The Morgan fingerprint density at radius 3 is 3.00 bits per heavy atom. The van der Waals surface area contributed by atoms with Crippen LogP contribution in [0.25, 0.3) is 0 Å². The molecule has 1 aromatic heterocycles. The Labute approximate surface area is 102 Å². The number of hydrogen-bond acceptors (Lipinski definition) is 3. The summed E-state index contributed by atoms with van der Waals surface area (Å²) >= 11 is 3.16. The van der Waals surface area contributed by atoms with Gasteiger partial charge in [-0.3, -0.25) is 4.79 Å². The maximum atomic E-state index is 11.7. The number of amides is 1. The summed E-state index contributed by atoms with van der Waals surface area (Å²) < 4.78 is 11.3. The molecular weight excluding hydrogens is 274 g/mol. The summed E-state index contributed by atoms with van der Waals surface area (Å²) in [6, 6.07) is 3.33. The normalized spacial score (nSPS) is 24.6. The van der Waals surface area contributed by atoms with Crippen LogP contribution in [0.15, 0.2) is 21.2 Å². The lowest BCUT2D eigenvalue weighted by Gasteiger charge is -2.22. The van der Waals surface area contributed by atoms with Gasteiger partial charge in [-0.1, -0.05) is 0 Å². The molecule has 2 rings (SSSR count). The summed E-state index contributed by atoms with van der Waals surface area (Å²) in [6.07, 6.45) is 2.04. The minimum atomic E-state index is -0.223. The maximum absolute atomic E-state index is 11.7. The van der Waals surface area contributed by atoms with Crippen LogP contribution in [0.2, 0.25) is 0 Å². The lowest BCUT2D eigenvalue weighted by Crippen LogP contribution is -2.39. The van der Waals surface area contributed by atoms with E-state index in [1.807, 2.05) is 6.92 Å². The SMILES string of the molecule is CC1(CNC(=O)c2ccc(Br)o2)CCCO1. The first kappa shape index (κ1) is 11.7. The largest absolute Gasteiger partial charge is 0.444 e. The van der Waals surface area contributed by atoms with Crippen molar-refractivity contribution in [3.63, 3.8) is 0 Å². The second-order valence-electron chi connectivity index (χ2n) is 4.19. The molecule has 88 valence electrons. The smallest absolute Gasteiger partial charge is 0.287 e. The Kier molecular flexibility index (Phi) is 3.35. The number of halogens is 1. The van der Waals surface area contributed by atoms with Gasteiger partial charge in [0.25, 0.3) is 5.91 Å². The Morgan fingerprint density at radius 2 is 2.44 bits per heavy atom. The van der Waals surface area contributed by atoms with Crippen LogP contribution in [0, 0.1) is 0 Å². The van der Waals surface area contributed by atoms with Crippen LogP contribution in [0.4, 0.5) is 0 Å². The van der Waals surface area contributed by atoms with Gasteiger partial charge in [0.05, 0.1) is 5.60 Å². The molecule has 2 heterocycles. The van der Waals surface area contributed by atoms with Crippen LogP contribution < -0.4 is 5.32 Å². The lowest BCUT2D eigenvalue weighted by molar-refractivity contribution is 0.0203. The molecule has 0 bridgehead atoms. The van der Waals surface area contributed by atoms with Gasteiger partial charge in [0.15, 0.2) is 10.4 Å². The Morgan fingerprint density at radius 1 is 1.62 bits per heavy atom. The Hall–Kier alpha value is -0.810. The molecule has 0 radical (unpaired) electrons. The average molecular weight is 288 g/mol. The van der Waals surface area contributed by atoms with E-state index in [4.69, 9.17) is 9.15 Å². The van der Waals surface area contributed by atoms with Crippen molar-refractivity contribution >= 4 is 21.8 Å². The first-order valence-corrected chi connectivity index (χ1v) is 6.06. The van der Waals surface area contributed by atoms with E-state index < -0.39 is 0 Å². The van der Waals surface area contributed by atoms with E-state index in [2.05, 4.69) is 21.2 Å². The van der Waals surface area contributed by atoms with Crippen molar-refractivity contribution in [2.45, 2.75) is 25.4 Å². The second-order valence-corrected chi connectivity index (χ2v) is 4.97. The zero-order valence-electron chi connectivity index (χ0n) is 9.09. The molecule has 0 saturated carbocycles. The highest BCUT2D eigenvalue weighted by Gasteiger charge is 2.30. The summed E-state index contributed by atoms with van der Waals surface area (Å²) in [4.78, 5) is 11.7. The number of rotatable bonds is 3. The van der Waals surface area contributed by atoms with Crippen molar-refractivity contribution < 1.29 is 13.9 Å². The molecule has 1 atom stereocenters. The zero-order chi connectivity index (χ0) is 11.6. The summed E-state index contributed by atoms with van der Waals surface area (Å²) in [5.74, 6) is 0.107. The second kappa shape index (κ2) is 4.59. The molecule has 1 aliphatic rings. The molecule has 1 N–H and O–H groups in total. The molecule has 0 aromatic carbocycles. The molecule has 4 nitrogen and oxygen atoms in total. The van der Waals surface area contributed by atoms with E-state index in [1.165, 1.54) is 0 Å². The molecule has 1 aliphatic heterocycles. The van der Waals surface area contributed by atoms with Crippen molar-refractivity contribution in [3.05, 3.63) is 22.6 Å². The zero-order valence-corrected chi connectivity index (χ0v) is 10.7. The number of carbonyl (C=O) groups is 1. The Balaban J connectivity index is 1.88. The average Bonchev–Trinajstić information content (AvgIpc) is 2.85. The fourth-order valence-electron chi connectivity index (χ4n) is 1.77. The molecule has 1 fully saturated rings. The maximum Gasteiger partial charge on any atom is 0.287 e. The van der Waals surface area contributed by atoms with E-state index in [0.717, 1.165) is 19.4 Å². The van der Waals surface area contributed by atoms with Crippen LogP contribution in [0.5, 0.6) is 0 Å². The summed E-state index contributed by atoms with van der Waals surface area (Å²) in [5.41, 5.74) is -0.223.